The maximum absolute atomic E-state index is 13.0. The first kappa shape index (κ1) is 18.3. The molecule has 1 unspecified atom stereocenters. The van der Waals surface area contributed by atoms with Gasteiger partial charge in [0.05, 0.1) is 5.69 Å². The molecule has 1 aromatic heterocycles. The van der Waals surface area contributed by atoms with Gasteiger partial charge in [0.15, 0.2) is 0 Å². The number of carbonyl (C=O) groups excluding carboxylic acids is 1. The van der Waals surface area contributed by atoms with Gasteiger partial charge >= 0.3 is 0 Å². The lowest BCUT2D eigenvalue weighted by Gasteiger charge is -2.16. The van der Waals surface area contributed by atoms with Gasteiger partial charge in [0.1, 0.15) is 5.25 Å². The first-order chi connectivity index (χ1) is 12.4. The van der Waals surface area contributed by atoms with Crippen molar-refractivity contribution in [3.8, 4) is 0 Å². The third-order valence-corrected chi connectivity index (χ3v) is 5.13. The lowest BCUT2D eigenvalue weighted by atomic mass is 9.92. The Balaban J connectivity index is 1.82. The molecule has 0 aliphatic heterocycles. The highest BCUT2D eigenvalue weighted by Crippen LogP contribution is 2.36. The van der Waals surface area contributed by atoms with Crippen molar-refractivity contribution >= 4 is 23.6 Å². The second-order valence-corrected chi connectivity index (χ2v) is 8.22. The Morgan fingerprint density at radius 3 is 2.23 bits per heavy atom. The van der Waals surface area contributed by atoms with Crippen LogP contribution < -0.4 is 5.32 Å². The summed E-state index contributed by atoms with van der Waals surface area (Å²) in [4.78, 5) is 14.0. The fourth-order valence-electron chi connectivity index (χ4n) is 2.41. The first-order valence-electron chi connectivity index (χ1n) is 8.48. The molecule has 1 N–H and O–H groups in total. The Hall–Kier alpha value is -2.53. The fourth-order valence-corrected chi connectivity index (χ4v) is 3.46. The van der Waals surface area contributed by atoms with Gasteiger partial charge in [-0.2, -0.15) is 0 Å². The molecule has 0 saturated carbocycles. The van der Waals surface area contributed by atoms with Gasteiger partial charge in [0.2, 0.25) is 11.8 Å². The lowest BCUT2D eigenvalue weighted by molar-refractivity contribution is -0.115. The molecule has 26 heavy (non-hydrogen) atoms. The van der Waals surface area contributed by atoms with Crippen molar-refractivity contribution in [2.45, 2.75) is 36.3 Å². The van der Waals surface area contributed by atoms with Gasteiger partial charge in [-0.1, -0.05) is 74.5 Å². The number of nitrogens with zero attached hydrogens (tertiary/aromatic N) is 1. The number of thioether (sulfide) groups is 1. The first-order valence-corrected chi connectivity index (χ1v) is 9.36. The minimum Gasteiger partial charge on any atom is -0.338 e. The highest BCUT2D eigenvalue weighted by Gasteiger charge is 2.25. The molecule has 0 aliphatic rings. The SMILES string of the molecule is CC(C)(C)c1cc(NC(=O)C(Sc2ccccc2)c2ccccc2)on1. The number of aromatic nitrogens is 1. The Labute approximate surface area is 158 Å². The Morgan fingerprint density at radius 1 is 1.04 bits per heavy atom. The van der Waals surface area contributed by atoms with Crippen molar-refractivity contribution in [1.29, 1.82) is 0 Å². The summed E-state index contributed by atoms with van der Waals surface area (Å²) in [5.74, 6) is 0.233. The third-order valence-electron chi connectivity index (χ3n) is 3.86. The van der Waals surface area contributed by atoms with Crippen LogP contribution in [0.2, 0.25) is 0 Å². The van der Waals surface area contributed by atoms with Crippen LogP contribution >= 0.6 is 11.8 Å². The average Bonchev–Trinajstić information content (AvgIpc) is 3.10. The van der Waals surface area contributed by atoms with Crippen molar-refractivity contribution < 1.29 is 9.32 Å². The quantitative estimate of drug-likeness (QED) is 0.611. The summed E-state index contributed by atoms with van der Waals surface area (Å²) in [6.45, 7) is 6.15. The molecule has 0 bridgehead atoms. The molecule has 2 aromatic carbocycles. The van der Waals surface area contributed by atoms with E-state index in [-0.39, 0.29) is 16.6 Å². The number of carbonyl (C=O) groups is 1. The van der Waals surface area contributed by atoms with Crippen LogP contribution in [0.4, 0.5) is 5.88 Å². The third kappa shape index (κ3) is 4.55. The number of hydrogen-bond donors (Lipinski definition) is 1. The van der Waals surface area contributed by atoms with Gasteiger partial charge in [-0.25, -0.2) is 0 Å². The van der Waals surface area contributed by atoms with E-state index >= 15 is 0 Å². The minimum absolute atomic E-state index is 0.135. The Morgan fingerprint density at radius 2 is 1.65 bits per heavy atom. The highest BCUT2D eigenvalue weighted by atomic mass is 32.2. The number of hydrogen-bond acceptors (Lipinski definition) is 4. The van der Waals surface area contributed by atoms with E-state index in [0.29, 0.717) is 5.88 Å². The molecule has 1 heterocycles. The van der Waals surface area contributed by atoms with Gasteiger partial charge < -0.3 is 4.52 Å². The van der Waals surface area contributed by atoms with Crippen LogP contribution in [-0.2, 0) is 10.2 Å². The second-order valence-electron chi connectivity index (χ2n) is 7.04. The summed E-state index contributed by atoms with van der Waals surface area (Å²) in [6.07, 6.45) is 0. The number of rotatable bonds is 5. The monoisotopic (exact) mass is 366 g/mol. The molecule has 3 rings (SSSR count). The van der Waals surface area contributed by atoms with E-state index in [9.17, 15) is 4.79 Å². The van der Waals surface area contributed by atoms with Crippen LogP contribution in [0.15, 0.2) is 76.1 Å². The van der Waals surface area contributed by atoms with Crippen LogP contribution in [0.25, 0.3) is 0 Å². The van der Waals surface area contributed by atoms with E-state index in [4.69, 9.17) is 4.52 Å². The highest BCUT2D eigenvalue weighted by molar-refractivity contribution is 8.00. The van der Waals surface area contributed by atoms with Crippen LogP contribution in [0, 0.1) is 0 Å². The summed E-state index contributed by atoms with van der Waals surface area (Å²) in [6, 6.07) is 21.4. The lowest BCUT2D eigenvalue weighted by Crippen LogP contribution is -2.18. The molecule has 3 aromatic rings. The van der Waals surface area contributed by atoms with Crippen LogP contribution in [0.3, 0.4) is 0 Å². The average molecular weight is 366 g/mol. The summed E-state index contributed by atoms with van der Waals surface area (Å²) in [5.41, 5.74) is 1.61. The summed E-state index contributed by atoms with van der Waals surface area (Å²) in [5, 5.41) is 6.54. The molecule has 0 fully saturated rings. The van der Waals surface area contributed by atoms with E-state index < -0.39 is 0 Å². The van der Waals surface area contributed by atoms with Crippen molar-refractivity contribution in [1.82, 2.24) is 5.16 Å². The van der Waals surface area contributed by atoms with Gasteiger partial charge in [-0.05, 0) is 17.7 Å². The number of amides is 1. The summed E-state index contributed by atoms with van der Waals surface area (Å²) in [7, 11) is 0. The van der Waals surface area contributed by atoms with E-state index in [1.165, 1.54) is 11.8 Å². The van der Waals surface area contributed by atoms with E-state index in [1.54, 1.807) is 6.07 Å². The summed E-state index contributed by atoms with van der Waals surface area (Å²) < 4.78 is 5.31. The molecule has 0 aliphatic carbocycles. The van der Waals surface area contributed by atoms with Crippen LogP contribution in [-0.4, -0.2) is 11.1 Å². The predicted octanol–water partition coefficient (Wildman–Crippen LogP) is 5.44. The molecular formula is C21H22N2O2S. The molecule has 4 nitrogen and oxygen atoms in total. The topological polar surface area (TPSA) is 55.1 Å². The van der Waals surface area contributed by atoms with Gasteiger partial charge in [-0.3, -0.25) is 10.1 Å². The second kappa shape index (κ2) is 7.79. The molecule has 1 atom stereocenters. The Kier molecular flexibility index (Phi) is 5.47. The summed E-state index contributed by atoms with van der Waals surface area (Å²) >= 11 is 1.51. The molecule has 0 radical (unpaired) electrons. The van der Waals surface area contributed by atoms with Gasteiger partial charge in [-0.15, -0.1) is 11.8 Å². The number of benzene rings is 2. The van der Waals surface area contributed by atoms with E-state index in [1.807, 2.05) is 60.7 Å². The zero-order chi connectivity index (χ0) is 18.6. The van der Waals surface area contributed by atoms with E-state index in [2.05, 4.69) is 31.2 Å². The number of anilines is 1. The molecular weight excluding hydrogens is 344 g/mol. The fraction of sp³-hybridized carbons (Fsp3) is 0.238. The molecule has 134 valence electrons. The zero-order valence-electron chi connectivity index (χ0n) is 15.1. The van der Waals surface area contributed by atoms with Gasteiger partial charge in [0.25, 0.3) is 0 Å². The van der Waals surface area contributed by atoms with Crippen molar-refractivity contribution in [3.05, 3.63) is 78.0 Å². The van der Waals surface area contributed by atoms with Gasteiger partial charge in [0, 0.05) is 16.4 Å². The molecule has 0 spiro atoms. The maximum atomic E-state index is 13.0. The predicted molar refractivity (Wildman–Crippen MR) is 105 cm³/mol. The molecule has 0 saturated heterocycles. The molecule has 5 heteroatoms. The standard InChI is InChI=1S/C21H22N2O2S/c1-21(2,3)17-14-18(25-23-17)22-20(24)19(15-10-6-4-7-11-15)26-16-12-8-5-9-13-16/h4-14,19H,1-3H3,(H,22,24). The molecule has 1 amide bonds. The minimum atomic E-state index is -0.387. The van der Waals surface area contributed by atoms with Crippen LogP contribution in [0.5, 0.6) is 0 Å². The zero-order valence-corrected chi connectivity index (χ0v) is 15.9. The number of nitrogens with one attached hydrogen (secondary N) is 1. The normalized spacial score (nSPS) is 12.6. The van der Waals surface area contributed by atoms with Crippen LogP contribution in [0.1, 0.15) is 37.3 Å². The van der Waals surface area contributed by atoms with Crippen molar-refractivity contribution in [2.24, 2.45) is 0 Å². The van der Waals surface area contributed by atoms with Crippen molar-refractivity contribution in [3.63, 3.8) is 0 Å². The Bertz CT molecular complexity index is 854. The smallest absolute Gasteiger partial charge is 0.244 e. The largest absolute Gasteiger partial charge is 0.338 e. The van der Waals surface area contributed by atoms with E-state index in [0.717, 1.165) is 16.2 Å². The van der Waals surface area contributed by atoms with Crippen molar-refractivity contribution in [2.75, 3.05) is 5.32 Å². The maximum Gasteiger partial charge on any atom is 0.244 e.